The van der Waals surface area contributed by atoms with Crippen LogP contribution in [0.4, 0.5) is 0 Å². The van der Waals surface area contributed by atoms with Crippen molar-refractivity contribution in [3.05, 3.63) is 65.7 Å². The lowest BCUT2D eigenvalue weighted by molar-refractivity contribution is -0.120. The zero-order chi connectivity index (χ0) is 20.8. The van der Waals surface area contributed by atoms with E-state index in [1.54, 1.807) is 0 Å². The summed E-state index contributed by atoms with van der Waals surface area (Å²) in [6.45, 7) is 9.53. The summed E-state index contributed by atoms with van der Waals surface area (Å²) < 4.78 is 2.07. The molecule has 5 nitrogen and oxygen atoms in total. The van der Waals surface area contributed by atoms with Gasteiger partial charge < -0.3 is 9.88 Å². The van der Waals surface area contributed by atoms with Crippen molar-refractivity contribution in [1.82, 2.24) is 20.1 Å². The Balaban J connectivity index is 1.64. The molecule has 0 saturated heterocycles. The van der Waals surface area contributed by atoms with Crippen LogP contribution in [0.3, 0.4) is 0 Å². The summed E-state index contributed by atoms with van der Waals surface area (Å²) in [5.74, 6) is 1.12. The number of carbonyl (C=O) groups is 1. The van der Waals surface area contributed by atoms with Crippen molar-refractivity contribution in [3.8, 4) is 11.4 Å². The van der Waals surface area contributed by atoms with Gasteiger partial charge in [-0.2, -0.15) is 0 Å². The number of nitrogens with one attached hydrogen (secondary N) is 1. The lowest BCUT2D eigenvalue weighted by atomic mass is 10.0. The van der Waals surface area contributed by atoms with Crippen LogP contribution in [0.15, 0.2) is 59.8 Å². The van der Waals surface area contributed by atoms with E-state index in [0.717, 1.165) is 23.1 Å². The van der Waals surface area contributed by atoms with E-state index in [4.69, 9.17) is 0 Å². The number of rotatable bonds is 8. The van der Waals surface area contributed by atoms with Gasteiger partial charge in [-0.1, -0.05) is 72.8 Å². The first-order valence-corrected chi connectivity index (χ1v) is 10.9. The van der Waals surface area contributed by atoms with E-state index in [1.807, 2.05) is 37.3 Å². The molecule has 0 saturated carbocycles. The van der Waals surface area contributed by atoms with Crippen LogP contribution in [0, 0.1) is 6.92 Å². The van der Waals surface area contributed by atoms with Crippen LogP contribution in [0.25, 0.3) is 11.4 Å². The average Bonchev–Trinajstić information content (AvgIpc) is 3.14. The Morgan fingerprint density at radius 3 is 2.55 bits per heavy atom. The summed E-state index contributed by atoms with van der Waals surface area (Å²) >= 11 is 1.45. The third-order valence-electron chi connectivity index (χ3n) is 4.91. The smallest absolute Gasteiger partial charge is 0.233 e. The van der Waals surface area contributed by atoms with Gasteiger partial charge in [-0.05, 0) is 38.3 Å². The van der Waals surface area contributed by atoms with Gasteiger partial charge in [0.05, 0.1) is 5.25 Å². The topological polar surface area (TPSA) is 59.8 Å². The van der Waals surface area contributed by atoms with Gasteiger partial charge in [-0.25, -0.2) is 0 Å². The molecule has 0 fully saturated rings. The molecule has 3 rings (SSSR count). The van der Waals surface area contributed by atoms with Crippen molar-refractivity contribution in [1.29, 1.82) is 0 Å². The SMILES string of the molecule is CCn1c(SC(C)C(=O)NCC(C)c2ccccc2)nnc1-c1cccc(C)c1. The number of nitrogens with zero attached hydrogens (tertiary/aromatic N) is 3. The molecule has 6 heteroatoms. The van der Waals surface area contributed by atoms with Gasteiger partial charge in [0.2, 0.25) is 5.91 Å². The van der Waals surface area contributed by atoms with Crippen LogP contribution >= 0.6 is 11.8 Å². The van der Waals surface area contributed by atoms with Gasteiger partial charge in [-0.15, -0.1) is 10.2 Å². The summed E-state index contributed by atoms with van der Waals surface area (Å²) in [4.78, 5) is 12.6. The maximum absolute atomic E-state index is 12.6. The summed E-state index contributed by atoms with van der Waals surface area (Å²) in [6, 6.07) is 18.5. The Hall–Kier alpha value is -2.60. The average molecular weight is 409 g/mol. The highest BCUT2D eigenvalue weighted by Gasteiger charge is 2.20. The van der Waals surface area contributed by atoms with Crippen molar-refractivity contribution >= 4 is 17.7 Å². The molecule has 152 valence electrons. The minimum absolute atomic E-state index is 0.0144. The van der Waals surface area contributed by atoms with E-state index in [0.29, 0.717) is 6.54 Å². The van der Waals surface area contributed by atoms with Crippen LogP contribution in [0.5, 0.6) is 0 Å². The molecule has 0 spiro atoms. The Bertz CT molecular complexity index is 955. The molecule has 0 bridgehead atoms. The lowest BCUT2D eigenvalue weighted by Crippen LogP contribution is -2.33. The Morgan fingerprint density at radius 1 is 1.10 bits per heavy atom. The van der Waals surface area contributed by atoms with Crippen LogP contribution in [-0.2, 0) is 11.3 Å². The van der Waals surface area contributed by atoms with Gasteiger partial charge in [0.25, 0.3) is 0 Å². The Labute approximate surface area is 176 Å². The van der Waals surface area contributed by atoms with E-state index in [9.17, 15) is 4.79 Å². The first-order valence-electron chi connectivity index (χ1n) is 9.99. The molecule has 0 radical (unpaired) electrons. The van der Waals surface area contributed by atoms with Crippen LogP contribution in [-0.4, -0.2) is 32.5 Å². The number of hydrogen-bond acceptors (Lipinski definition) is 4. The fourth-order valence-electron chi connectivity index (χ4n) is 3.17. The summed E-state index contributed by atoms with van der Waals surface area (Å²) in [6.07, 6.45) is 0. The number of hydrogen-bond donors (Lipinski definition) is 1. The third-order valence-corrected chi connectivity index (χ3v) is 5.99. The highest BCUT2D eigenvalue weighted by Crippen LogP contribution is 2.27. The Kier molecular flexibility index (Phi) is 7.09. The molecule has 1 heterocycles. The first-order chi connectivity index (χ1) is 14.0. The van der Waals surface area contributed by atoms with E-state index >= 15 is 0 Å². The van der Waals surface area contributed by atoms with Gasteiger partial charge >= 0.3 is 0 Å². The number of amides is 1. The molecule has 2 atom stereocenters. The molecule has 3 aromatic rings. The summed E-state index contributed by atoms with van der Waals surface area (Å²) in [5.41, 5.74) is 3.45. The van der Waals surface area contributed by atoms with Crippen molar-refractivity contribution in [2.75, 3.05) is 6.54 Å². The predicted molar refractivity (Wildman–Crippen MR) is 119 cm³/mol. The van der Waals surface area contributed by atoms with E-state index < -0.39 is 0 Å². The van der Waals surface area contributed by atoms with E-state index in [1.165, 1.54) is 22.9 Å². The van der Waals surface area contributed by atoms with Gasteiger partial charge in [0.15, 0.2) is 11.0 Å². The number of benzene rings is 2. The van der Waals surface area contributed by atoms with E-state index in [-0.39, 0.29) is 17.1 Å². The van der Waals surface area contributed by atoms with Crippen molar-refractivity contribution < 1.29 is 4.79 Å². The summed E-state index contributed by atoms with van der Waals surface area (Å²) in [5, 5.41) is 12.3. The molecule has 29 heavy (non-hydrogen) atoms. The molecular weight excluding hydrogens is 380 g/mol. The highest BCUT2D eigenvalue weighted by molar-refractivity contribution is 8.00. The molecule has 1 N–H and O–H groups in total. The largest absolute Gasteiger partial charge is 0.355 e. The second kappa shape index (κ2) is 9.74. The standard InChI is InChI=1S/C23H28N4OS/c1-5-27-21(20-13-9-10-16(2)14-20)25-26-23(27)29-18(4)22(28)24-15-17(3)19-11-7-6-8-12-19/h6-14,17-18H,5,15H2,1-4H3,(H,24,28). The molecule has 2 unspecified atom stereocenters. The first kappa shape index (κ1) is 21.1. The highest BCUT2D eigenvalue weighted by atomic mass is 32.2. The van der Waals surface area contributed by atoms with Crippen LogP contribution in [0.2, 0.25) is 0 Å². The van der Waals surface area contributed by atoms with Crippen LogP contribution in [0.1, 0.15) is 37.8 Å². The number of carbonyl (C=O) groups excluding carboxylic acids is 1. The molecule has 0 aliphatic heterocycles. The van der Waals surface area contributed by atoms with Crippen molar-refractivity contribution in [3.63, 3.8) is 0 Å². The minimum atomic E-state index is -0.252. The number of aromatic nitrogens is 3. The molecule has 1 amide bonds. The third kappa shape index (κ3) is 5.26. The maximum Gasteiger partial charge on any atom is 0.233 e. The molecule has 0 aliphatic rings. The minimum Gasteiger partial charge on any atom is -0.355 e. The fourth-order valence-corrected chi connectivity index (χ4v) is 4.10. The maximum atomic E-state index is 12.6. The summed E-state index contributed by atoms with van der Waals surface area (Å²) in [7, 11) is 0. The lowest BCUT2D eigenvalue weighted by Gasteiger charge is -2.16. The zero-order valence-corrected chi connectivity index (χ0v) is 18.2. The molecule has 1 aromatic heterocycles. The fraction of sp³-hybridized carbons (Fsp3) is 0.348. The van der Waals surface area contributed by atoms with Crippen molar-refractivity contribution in [2.24, 2.45) is 0 Å². The number of thioether (sulfide) groups is 1. The van der Waals surface area contributed by atoms with E-state index in [2.05, 4.69) is 65.1 Å². The van der Waals surface area contributed by atoms with Crippen LogP contribution < -0.4 is 5.32 Å². The normalized spacial score (nSPS) is 13.1. The quantitative estimate of drug-likeness (QED) is 0.550. The van der Waals surface area contributed by atoms with Crippen molar-refractivity contribution in [2.45, 2.75) is 50.6 Å². The molecule has 2 aromatic carbocycles. The predicted octanol–water partition coefficient (Wildman–Crippen LogP) is 4.67. The Morgan fingerprint density at radius 2 is 1.86 bits per heavy atom. The monoisotopic (exact) mass is 408 g/mol. The second-order valence-electron chi connectivity index (χ2n) is 7.24. The zero-order valence-electron chi connectivity index (χ0n) is 17.4. The molecular formula is C23H28N4OS. The van der Waals surface area contributed by atoms with Gasteiger partial charge in [0.1, 0.15) is 0 Å². The van der Waals surface area contributed by atoms with Gasteiger partial charge in [0, 0.05) is 18.7 Å². The second-order valence-corrected chi connectivity index (χ2v) is 8.54. The number of aryl methyl sites for hydroxylation is 1. The molecule has 0 aliphatic carbocycles. The van der Waals surface area contributed by atoms with Gasteiger partial charge in [-0.3, -0.25) is 4.79 Å².